The van der Waals surface area contributed by atoms with Crippen molar-refractivity contribution in [2.24, 2.45) is 0 Å². The lowest BCUT2D eigenvalue weighted by molar-refractivity contribution is -0.390. The van der Waals surface area contributed by atoms with Crippen LogP contribution in [0.15, 0.2) is 30.3 Å². The molecule has 0 aliphatic carbocycles. The third kappa shape index (κ3) is 3.64. The van der Waals surface area contributed by atoms with Crippen LogP contribution in [0.1, 0.15) is 35.5 Å². The Bertz CT molecular complexity index is 941. The van der Waals surface area contributed by atoms with Crippen LogP contribution < -0.4 is 9.64 Å². The van der Waals surface area contributed by atoms with E-state index in [1.165, 1.54) is 13.0 Å². The van der Waals surface area contributed by atoms with E-state index in [9.17, 15) is 19.7 Å². The molecule has 3 rings (SSSR count). The van der Waals surface area contributed by atoms with Gasteiger partial charge >= 0.3 is 5.82 Å². The summed E-state index contributed by atoms with van der Waals surface area (Å²) in [4.78, 5) is 40.2. The van der Waals surface area contributed by atoms with Gasteiger partial charge in [0.05, 0.1) is 0 Å². The van der Waals surface area contributed by atoms with Crippen LogP contribution in [0.2, 0.25) is 0 Å². The van der Waals surface area contributed by atoms with Crippen molar-refractivity contribution >= 4 is 23.2 Å². The van der Waals surface area contributed by atoms with Gasteiger partial charge in [0.2, 0.25) is 11.7 Å². The number of fused-ring (bicyclic) bond motifs is 1. The van der Waals surface area contributed by atoms with Crippen LogP contribution in [0.25, 0.3) is 0 Å². The lowest BCUT2D eigenvalue weighted by atomic mass is 10.0. The zero-order chi connectivity index (χ0) is 19.7. The fourth-order valence-electron chi connectivity index (χ4n) is 3.28. The van der Waals surface area contributed by atoms with Crippen molar-refractivity contribution in [3.63, 3.8) is 0 Å². The lowest BCUT2D eigenvalue weighted by Crippen LogP contribution is -2.33. The van der Waals surface area contributed by atoms with E-state index in [4.69, 9.17) is 4.74 Å². The molecule has 8 nitrogen and oxygen atoms in total. The molecule has 0 spiro atoms. The fourth-order valence-corrected chi connectivity index (χ4v) is 3.28. The monoisotopic (exact) mass is 369 g/mol. The van der Waals surface area contributed by atoms with Crippen LogP contribution >= 0.6 is 0 Å². The molecule has 0 N–H and O–H groups in total. The quantitative estimate of drug-likeness (QED) is 0.456. The summed E-state index contributed by atoms with van der Waals surface area (Å²) in [5.41, 5.74) is 2.66. The second-order valence-corrected chi connectivity index (χ2v) is 6.53. The summed E-state index contributed by atoms with van der Waals surface area (Å²) >= 11 is 0. The molecule has 1 amide bonds. The summed E-state index contributed by atoms with van der Waals surface area (Å²) < 4.78 is 5.35. The highest BCUT2D eigenvalue weighted by Gasteiger charge is 2.29. The number of ketones is 1. The van der Waals surface area contributed by atoms with Gasteiger partial charge in [-0.25, -0.2) is 0 Å². The number of Topliss-reactive ketones (excluding diaryl/α,β-unsaturated/α-hetero) is 1. The van der Waals surface area contributed by atoms with E-state index in [2.05, 4.69) is 4.98 Å². The maximum atomic E-state index is 12.5. The SMILES string of the molecule is CC(=O)N1c2ccc(C(=O)COc3ccc(C)nc3[N+](=O)[O-])cc2C[C@@H]1C. The molecule has 8 heteroatoms. The van der Waals surface area contributed by atoms with Crippen LogP contribution in [-0.2, 0) is 11.2 Å². The number of carbonyl (C=O) groups excluding carboxylic acids is 2. The molecule has 2 heterocycles. The normalized spacial score (nSPS) is 15.4. The number of anilines is 1. The van der Waals surface area contributed by atoms with Crippen molar-refractivity contribution in [1.82, 2.24) is 4.98 Å². The number of carbonyl (C=O) groups is 2. The number of nitro groups is 1. The van der Waals surface area contributed by atoms with Gasteiger partial charge in [0.1, 0.15) is 5.69 Å². The average molecular weight is 369 g/mol. The van der Waals surface area contributed by atoms with E-state index < -0.39 is 10.7 Å². The highest BCUT2D eigenvalue weighted by atomic mass is 16.6. The summed E-state index contributed by atoms with van der Waals surface area (Å²) in [6.07, 6.45) is 0.671. The molecule has 27 heavy (non-hydrogen) atoms. The van der Waals surface area contributed by atoms with Gasteiger partial charge in [-0.1, -0.05) is 0 Å². The summed E-state index contributed by atoms with van der Waals surface area (Å²) in [5.74, 6) is -0.802. The van der Waals surface area contributed by atoms with Crippen molar-refractivity contribution in [2.45, 2.75) is 33.2 Å². The van der Waals surface area contributed by atoms with Gasteiger partial charge in [-0.05, 0) is 59.1 Å². The molecule has 1 aliphatic rings. The zero-order valence-electron chi connectivity index (χ0n) is 15.3. The number of aryl methyl sites for hydroxylation is 1. The standard InChI is InChI=1S/C19H19N3O5/c1-11-4-7-18(19(20-11)22(25)26)27-10-17(24)14-5-6-16-15(9-14)8-12(2)21(16)13(3)23/h4-7,9,12H,8,10H2,1-3H3/t12-/m0/s1. The van der Waals surface area contributed by atoms with Crippen LogP contribution in [-0.4, -0.2) is 34.2 Å². The van der Waals surface area contributed by atoms with Crippen molar-refractivity contribution < 1.29 is 19.2 Å². The first-order chi connectivity index (χ1) is 12.8. The number of pyridine rings is 1. The van der Waals surface area contributed by atoms with Gasteiger partial charge in [0.15, 0.2) is 12.4 Å². The Kier molecular flexibility index (Phi) is 4.89. The second kappa shape index (κ2) is 7.14. The van der Waals surface area contributed by atoms with Crippen LogP contribution in [0.3, 0.4) is 0 Å². The molecule has 2 aromatic rings. The molecule has 0 unspecified atom stereocenters. The van der Waals surface area contributed by atoms with Crippen molar-refractivity contribution in [3.8, 4) is 5.75 Å². The number of amides is 1. The maximum absolute atomic E-state index is 12.5. The van der Waals surface area contributed by atoms with Crippen LogP contribution in [0.4, 0.5) is 11.5 Å². The maximum Gasteiger partial charge on any atom is 0.406 e. The van der Waals surface area contributed by atoms with Gasteiger partial charge in [0.25, 0.3) is 0 Å². The summed E-state index contributed by atoms with van der Waals surface area (Å²) in [6, 6.07) is 8.20. The number of hydrogen-bond acceptors (Lipinski definition) is 6. The first-order valence-electron chi connectivity index (χ1n) is 8.48. The zero-order valence-corrected chi connectivity index (χ0v) is 15.3. The smallest absolute Gasteiger partial charge is 0.406 e. The molecule has 0 bridgehead atoms. The van der Waals surface area contributed by atoms with E-state index >= 15 is 0 Å². The molecule has 1 aromatic heterocycles. The molecule has 1 aliphatic heterocycles. The van der Waals surface area contributed by atoms with Gasteiger partial charge in [-0.15, -0.1) is 0 Å². The van der Waals surface area contributed by atoms with Crippen LogP contribution in [0.5, 0.6) is 5.75 Å². The third-order valence-electron chi connectivity index (χ3n) is 4.47. The van der Waals surface area contributed by atoms with E-state index in [0.29, 0.717) is 17.7 Å². The third-order valence-corrected chi connectivity index (χ3v) is 4.47. The molecular weight excluding hydrogens is 350 g/mol. The lowest BCUT2D eigenvalue weighted by Gasteiger charge is -2.20. The minimum absolute atomic E-state index is 0.0390. The first kappa shape index (κ1) is 18.5. The van der Waals surface area contributed by atoms with Gasteiger partial charge in [-0.2, -0.15) is 0 Å². The number of ether oxygens (including phenoxy) is 1. The number of nitrogens with zero attached hydrogens (tertiary/aromatic N) is 3. The van der Waals surface area contributed by atoms with Crippen molar-refractivity contribution in [2.75, 3.05) is 11.5 Å². The molecule has 0 radical (unpaired) electrons. The molecule has 0 saturated carbocycles. The van der Waals surface area contributed by atoms with Crippen molar-refractivity contribution in [3.05, 3.63) is 57.3 Å². The Morgan fingerprint density at radius 1 is 1.33 bits per heavy atom. The molecule has 1 atom stereocenters. The van der Waals surface area contributed by atoms with Gasteiger partial charge in [0, 0.05) is 31.1 Å². The Balaban J connectivity index is 1.76. The Morgan fingerprint density at radius 2 is 2.07 bits per heavy atom. The first-order valence-corrected chi connectivity index (χ1v) is 8.48. The van der Waals surface area contributed by atoms with E-state index in [0.717, 1.165) is 11.3 Å². The van der Waals surface area contributed by atoms with E-state index in [1.807, 2.05) is 6.92 Å². The summed E-state index contributed by atoms with van der Waals surface area (Å²) in [5, 5.41) is 11.1. The summed E-state index contributed by atoms with van der Waals surface area (Å²) in [7, 11) is 0. The average Bonchev–Trinajstić information content (AvgIpc) is 2.95. The highest BCUT2D eigenvalue weighted by Crippen LogP contribution is 2.33. The molecule has 1 aromatic carbocycles. The molecule has 140 valence electrons. The van der Waals surface area contributed by atoms with Crippen LogP contribution in [0, 0.1) is 17.0 Å². The Labute approximate surface area is 155 Å². The number of rotatable bonds is 5. The Hall–Kier alpha value is -3.29. The predicted octanol–water partition coefficient (Wildman–Crippen LogP) is 2.86. The fraction of sp³-hybridized carbons (Fsp3) is 0.316. The van der Waals surface area contributed by atoms with E-state index in [1.54, 1.807) is 36.1 Å². The van der Waals surface area contributed by atoms with E-state index in [-0.39, 0.29) is 30.1 Å². The highest BCUT2D eigenvalue weighted by molar-refractivity contribution is 6.00. The topological polar surface area (TPSA) is 103 Å². The summed E-state index contributed by atoms with van der Waals surface area (Å²) in [6.45, 7) is 4.77. The van der Waals surface area contributed by atoms with Gasteiger partial charge < -0.3 is 19.8 Å². The van der Waals surface area contributed by atoms with Gasteiger partial charge in [-0.3, -0.25) is 9.59 Å². The van der Waals surface area contributed by atoms with Crippen molar-refractivity contribution in [1.29, 1.82) is 0 Å². The minimum Gasteiger partial charge on any atom is -0.477 e. The second-order valence-electron chi connectivity index (χ2n) is 6.53. The number of hydrogen-bond donors (Lipinski definition) is 0. The number of benzene rings is 1. The predicted molar refractivity (Wildman–Crippen MR) is 98.2 cm³/mol. The Morgan fingerprint density at radius 3 is 2.74 bits per heavy atom. The minimum atomic E-state index is -0.639. The molecule has 0 fully saturated rings. The number of aromatic nitrogens is 1. The largest absolute Gasteiger partial charge is 0.477 e. The molecule has 0 saturated heterocycles. The molecular formula is C19H19N3O5.